The standard InChI is InChI=1S/C25H23N3O3/c29-25(26-21-8-4-5-18(15-21)17-28-11-13-30-14-12-28)20-9-10-23-22(16-20)24(31-27-23)19-6-2-1-3-7-19/h1-10,15-16H,11-14,17H2,(H,26,29). The number of benzene rings is 3. The fourth-order valence-electron chi connectivity index (χ4n) is 3.85. The SMILES string of the molecule is O=C(Nc1cccc(CN2CCOCC2)c1)c1ccc2noc(-c3ccccc3)c2c1. The van der Waals surface area contributed by atoms with Gasteiger partial charge in [0.25, 0.3) is 5.91 Å². The summed E-state index contributed by atoms with van der Waals surface area (Å²) in [5.74, 6) is 0.503. The Balaban J connectivity index is 1.35. The van der Waals surface area contributed by atoms with E-state index in [0.717, 1.165) is 55.0 Å². The maximum atomic E-state index is 12.9. The quantitative estimate of drug-likeness (QED) is 0.519. The smallest absolute Gasteiger partial charge is 0.255 e. The molecule has 0 atom stereocenters. The molecule has 0 bridgehead atoms. The van der Waals surface area contributed by atoms with Gasteiger partial charge in [-0.1, -0.05) is 47.6 Å². The number of rotatable bonds is 5. The first-order valence-corrected chi connectivity index (χ1v) is 10.4. The zero-order chi connectivity index (χ0) is 21.0. The maximum absolute atomic E-state index is 12.9. The molecule has 4 aromatic rings. The van der Waals surface area contributed by atoms with Gasteiger partial charge in [-0.15, -0.1) is 0 Å². The topological polar surface area (TPSA) is 67.6 Å². The van der Waals surface area contributed by atoms with Crippen LogP contribution in [0.15, 0.2) is 77.3 Å². The lowest BCUT2D eigenvalue weighted by Gasteiger charge is -2.26. The van der Waals surface area contributed by atoms with E-state index >= 15 is 0 Å². The van der Waals surface area contributed by atoms with Gasteiger partial charge in [0.1, 0.15) is 5.52 Å². The van der Waals surface area contributed by atoms with E-state index in [4.69, 9.17) is 9.26 Å². The molecule has 1 fully saturated rings. The van der Waals surface area contributed by atoms with E-state index in [1.54, 1.807) is 6.07 Å². The first kappa shape index (κ1) is 19.5. The first-order chi connectivity index (χ1) is 15.3. The molecule has 0 spiro atoms. The Morgan fingerprint density at radius 3 is 2.65 bits per heavy atom. The second-order valence-electron chi connectivity index (χ2n) is 7.65. The predicted molar refractivity (Wildman–Crippen MR) is 120 cm³/mol. The lowest BCUT2D eigenvalue weighted by molar-refractivity contribution is 0.0342. The van der Waals surface area contributed by atoms with Crippen LogP contribution in [-0.4, -0.2) is 42.3 Å². The summed E-state index contributed by atoms with van der Waals surface area (Å²) in [4.78, 5) is 15.3. The molecule has 156 valence electrons. The fourth-order valence-corrected chi connectivity index (χ4v) is 3.85. The zero-order valence-corrected chi connectivity index (χ0v) is 17.1. The van der Waals surface area contributed by atoms with Crippen molar-refractivity contribution in [2.45, 2.75) is 6.54 Å². The molecule has 1 saturated heterocycles. The lowest BCUT2D eigenvalue weighted by Crippen LogP contribution is -2.35. The third-order valence-electron chi connectivity index (χ3n) is 5.47. The number of hydrogen-bond acceptors (Lipinski definition) is 5. The Morgan fingerprint density at radius 2 is 1.81 bits per heavy atom. The number of fused-ring (bicyclic) bond motifs is 1. The molecule has 31 heavy (non-hydrogen) atoms. The number of morpholine rings is 1. The van der Waals surface area contributed by atoms with E-state index in [1.807, 2.05) is 60.7 Å². The highest BCUT2D eigenvalue weighted by Crippen LogP contribution is 2.29. The number of anilines is 1. The van der Waals surface area contributed by atoms with Crippen molar-refractivity contribution in [3.8, 4) is 11.3 Å². The highest BCUT2D eigenvalue weighted by atomic mass is 16.5. The van der Waals surface area contributed by atoms with Gasteiger partial charge in [-0.05, 0) is 35.9 Å². The van der Waals surface area contributed by atoms with Crippen molar-refractivity contribution in [2.75, 3.05) is 31.6 Å². The van der Waals surface area contributed by atoms with E-state index in [2.05, 4.69) is 21.4 Å². The summed E-state index contributed by atoms with van der Waals surface area (Å²) in [7, 11) is 0. The van der Waals surface area contributed by atoms with Crippen molar-refractivity contribution in [1.29, 1.82) is 0 Å². The van der Waals surface area contributed by atoms with Gasteiger partial charge in [0.05, 0.1) is 18.6 Å². The van der Waals surface area contributed by atoms with E-state index in [1.165, 1.54) is 5.56 Å². The predicted octanol–water partition coefficient (Wildman–Crippen LogP) is 4.58. The first-order valence-electron chi connectivity index (χ1n) is 10.4. The monoisotopic (exact) mass is 413 g/mol. The minimum Gasteiger partial charge on any atom is -0.379 e. The second kappa shape index (κ2) is 8.71. The molecule has 1 amide bonds. The number of nitrogens with one attached hydrogen (secondary N) is 1. The normalized spacial score (nSPS) is 14.6. The summed E-state index contributed by atoms with van der Waals surface area (Å²) in [6, 6.07) is 23.2. The third kappa shape index (κ3) is 4.35. The molecule has 0 unspecified atom stereocenters. The van der Waals surface area contributed by atoms with Crippen LogP contribution < -0.4 is 5.32 Å². The minimum absolute atomic E-state index is 0.161. The van der Waals surface area contributed by atoms with E-state index in [0.29, 0.717) is 11.3 Å². The molecule has 0 saturated carbocycles. The number of ether oxygens (including phenoxy) is 1. The Kier molecular flexibility index (Phi) is 5.48. The van der Waals surface area contributed by atoms with Gasteiger partial charge in [-0.2, -0.15) is 0 Å². The van der Waals surface area contributed by atoms with Crippen LogP contribution in [0.25, 0.3) is 22.2 Å². The molecule has 6 heteroatoms. The van der Waals surface area contributed by atoms with E-state index in [-0.39, 0.29) is 5.91 Å². The van der Waals surface area contributed by atoms with Crippen molar-refractivity contribution in [1.82, 2.24) is 10.1 Å². The molecule has 1 aliphatic heterocycles. The van der Waals surface area contributed by atoms with Gasteiger partial charge in [0.2, 0.25) is 0 Å². The van der Waals surface area contributed by atoms with Crippen LogP contribution in [0.3, 0.4) is 0 Å². The number of carbonyl (C=O) groups is 1. The number of nitrogens with zero attached hydrogens (tertiary/aromatic N) is 2. The Morgan fingerprint density at radius 1 is 0.968 bits per heavy atom. The number of carbonyl (C=O) groups excluding carboxylic acids is 1. The zero-order valence-electron chi connectivity index (χ0n) is 17.1. The van der Waals surface area contributed by atoms with Crippen molar-refractivity contribution >= 4 is 22.5 Å². The maximum Gasteiger partial charge on any atom is 0.255 e. The van der Waals surface area contributed by atoms with Gasteiger partial charge in [0.15, 0.2) is 5.76 Å². The lowest BCUT2D eigenvalue weighted by atomic mass is 10.1. The van der Waals surface area contributed by atoms with E-state index < -0.39 is 0 Å². The van der Waals surface area contributed by atoms with Gasteiger partial charge in [-0.25, -0.2) is 0 Å². The van der Waals surface area contributed by atoms with E-state index in [9.17, 15) is 4.79 Å². The minimum atomic E-state index is -0.161. The summed E-state index contributed by atoms with van der Waals surface area (Å²) >= 11 is 0. The molecular weight excluding hydrogens is 390 g/mol. The molecule has 0 radical (unpaired) electrons. The van der Waals surface area contributed by atoms with Crippen LogP contribution in [0.1, 0.15) is 15.9 Å². The van der Waals surface area contributed by atoms with Gasteiger partial charge < -0.3 is 14.6 Å². The van der Waals surface area contributed by atoms with Crippen LogP contribution >= 0.6 is 0 Å². The van der Waals surface area contributed by atoms with Crippen LogP contribution in [0.2, 0.25) is 0 Å². The molecule has 1 N–H and O–H groups in total. The van der Waals surface area contributed by atoms with Crippen molar-refractivity contribution in [3.63, 3.8) is 0 Å². The molecule has 2 heterocycles. The van der Waals surface area contributed by atoms with Gasteiger partial charge >= 0.3 is 0 Å². The summed E-state index contributed by atoms with van der Waals surface area (Å²) in [5.41, 5.74) is 4.16. The highest BCUT2D eigenvalue weighted by Gasteiger charge is 2.15. The summed E-state index contributed by atoms with van der Waals surface area (Å²) in [6.45, 7) is 4.25. The molecule has 1 aromatic heterocycles. The molecular formula is C25H23N3O3. The van der Waals surface area contributed by atoms with Crippen LogP contribution in [0.4, 0.5) is 5.69 Å². The average Bonchev–Trinajstić information content (AvgIpc) is 3.24. The Hall–Kier alpha value is -3.48. The molecule has 6 nitrogen and oxygen atoms in total. The Labute approximate surface area is 180 Å². The summed E-state index contributed by atoms with van der Waals surface area (Å²) in [6.07, 6.45) is 0. The van der Waals surface area contributed by atoms with Crippen LogP contribution in [0.5, 0.6) is 0 Å². The second-order valence-corrected chi connectivity index (χ2v) is 7.65. The van der Waals surface area contributed by atoms with Crippen molar-refractivity contribution < 1.29 is 14.1 Å². The summed E-state index contributed by atoms with van der Waals surface area (Å²) in [5, 5.41) is 7.96. The molecule has 5 rings (SSSR count). The van der Waals surface area contributed by atoms with Crippen LogP contribution in [-0.2, 0) is 11.3 Å². The van der Waals surface area contributed by atoms with Gasteiger partial charge in [0, 0.05) is 36.4 Å². The number of amides is 1. The van der Waals surface area contributed by atoms with Crippen molar-refractivity contribution in [3.05, 3.63) is 83.9 Å². The molecule has 1 aliphatic rings. The fraction of sp³-hybridized carbons (Fsp3) is 0.200. The van der Waals surface area contributed by atoms with Crippen molar-refractivity contribution in [2.24, 2.45) is 0 Å². The van der Waals surface area contributed by atoms with Crippen LogP contribution in [0, 0.1) is 0 Å². The Bertz CT molecular complexity index is 1200. The third-order valence-corrected chi connectivity index (χ3v) is 5.47. The average molecular weight is 413 g/mol. The summed E-state index contributed by atoms with van der Waals surface area (Å²) < 4.78 is 11.0. The molecule has 0 aliphatic carbocycles. The number of hydrogen-bond donors (Lipinski definition) is 1. The highest BCUT2D eigenvalue weighted by molar-refractivity contribution is 6.07. The largest absolute Gasteiger partial charge is 0.379 e. The van der Waals surface area contributed by atoms with Gasteiger partial charge in [-0.3, -0.25) is 9.69 Å². The number of aromatic nitrogens is 1. The molecule has 3 aromatic carbocycles.